The zero-order valence-corrected chi connectivity index (χ0v) is 13.2. The van der Waals surface area contributed by atoms with Crippen LogP contribution in [-0.4, -0.2) is 50.1 Å². The van der Waals surface area contributed by atoms with E-state index in [9.17, 15) is 22.4 Å². The minimum atomic E-state index is -3.02. The summed E-state index contributed by atoms with van der Waals surface area (Å²) in [6.07, 6.45) is -0.557. The van der Waals surface area contributed by atoms with Crippen LogP contribution in [0.3, 0.4) is 0 Å². The van der Waals surface area contributed by atoms with Crippen molar-refractivity contribution in [1.29, 1.82) is 0 Å². The van der Waals surface area contributed by atoms with Gasteiger partial charge in [0.25, 0.3) is 5.92 Å². The van der Waals surface area contributed by atoms with Gasteiger partial charge in [-0.2, -0.15) is 8.78 Å². The molecule has 1 aliphatic rings. The summed E-state index contributed by atoms with van der Waals surface area (Å²) in [5.74, 6) is -3.42. The average molecular weight is 350 g/mol. The van der Waals surface area contributed by atoms with Gasteiger partial charge in [0.2, 0.25) is 5.91 Å². The predicted molar refractivity (Wildman–Crippen MR) is 77.5 cm³/mol. The molecule has 0 radical (unpaired) electrons. The Morgan fingerprint density at radius 3 is 2.67 bits per heavy atom. The number of rotatable bonds is 6. The number of carbonyl (C=O) groups is 1. The van der Waals surface area contributed by atoms with E-state index < -0.39 is 37.4 Å². The van der Waals surface area contributed by atoms with Crippen LogP contribution in [-0.2, 0) is 11.3 Å². The van der Waals surface area contributed by atoms with Gasteiger partial charge in [-0.1, -0.05) is 6.07 Å². The van der Waals surface area contributed by atoms with E-state index in [0.717, 1.165) is 0 Å². The highest BCUT2D eigenvalue weighted by Gasteiger charge is 2.43. The lowest BCUT2D eigenvalue weighted by Crippen LogP contribution is -2.41. The first-order valence-corrected chi connectivity index (χ1v) is 7.20. The van der Waals surface area contributed by atoms with Gasteiger partial charge < -0.3 is 14.4 Å². The van der Waals surface area contributed by atoms with Gasteiger partial charge in [0, 0.05) is 20.0 Å². The van der Waals surface area contributed by atoms with Crippen LogP contribution in [0, 0.1) is 0 Å². The van der Waals surface area contributed by atoms with Crippen molar-refractivity contribution in [3.8, 4) is 11.5 Å². The van der Waals surface area contributed by atoms with Crippen LogP contribution in [0.25, 0.3) is 0 Å². The molecular weight excluding hydrogens is 332 g/mol. The molecule has 0 spiro atoms. The summed E-state index contributed by atoms with van der Waals surface area (Å²) < 4.78 is 60.5. The molecule has 1 heterocycles. The number of carbonyl (C=O) groups excluding carboxylic acids is 1. The van der Waals surface area contributed by atoms with E-state index in [4.69, 9.17) is 4.74 Å². The van der Waals surface area contributed by atoms with Crippen molar-refractivity contribution in [2.45, 2.75) is 31.5 Å². The van der Waals surface area contributed by atoms with Gasteiger partial charge in [-0.3, -0.25) is 10.1 Å². The number of likely N-dealkylation sites (N-methyl/N-ethyl adjacent to an activating group) is 1. The second kappa shape index (κ2) is 7.25. The third kappa shape index (κ3) is 4.50. The largest absolute Gasteiger partial charge is 0.493 e. The van der Waals surface area contributed by atoms with E-state index in [1.807, 2.05) is 0 Å². The van der Waals surface area contributed by atoms with E-state index in [0.29, 0.717) is 5.56 Å². The topological polar surface area (TPSA) is 50.8 Å². The Morgan fingerprint density at radius 2 is 2.12 bits per heavy atom. The molecule has 1 fully saturated rings. The van der Waals surface area contributed by atoms with Crippen LogP contribution in [0.1, 0.15) is 12.0 Å². The molecule has 9 heteroatoms. The summed E-state index contributed by atoms with van der Waals surface area (Å²) in [4.78, 5) is 13.4. The van der Waals surface area contributed by atoms with Gasteiger partial charge in [0.1, 0.15) is 0 Å². The molecular formula is C15H18F4N2O3. The van der Waals surface area contributed by atoms with E-state index in [2.05, 4.69) is 10.1 Å². The van der Waals surface area contributed by atoms with E-state index in [1.54, 1.807) is 6.07 Å². The van der Waals surface area contributed by atoms with E-state index >= 15 is 0 Å². The van der Waals surface area contributed by atoms with E-state index in [1.165, 1.54) is 31.2 Å². The second-order valence-corrected chi connectivity index (χ2v) is 5.55. The Hall–Kier alpha value is -2.03. The molecule has 134 valence electrons. The van der Waals surface area contributed by atoms with Crippen molar-refractivity contribution in [3.63, 3.8) is 0 Å². The molecule has 1 unspecified atom stereocenters. The summed E-state index contributed by atoms with van der Waals surface area (Å²) in [6.45, 7) is -3.49. The Balaban J connectivity index is 2.05. The number of methoxy groups -OCH3 is 1. The van der Waals surface area contributed by atoms with Gasteiger partial charge in [-0.25, -0.2) is 8.78 Å². The number of hydrogen-bond donors (Lipinski definition) is 1. The maximum Gasteiger partial charge on any atom is 0.387 e. The summed E-state index contributed by atoms with van der Waals surface area (Å²) in [6, 6.07) is 3.39. The Kier molecular flexibility index (Phi) is 5.53. The molecule has 1 amide bonds. The highest BCUT2D eigenvalue weighted by Crippen LogP contribution is 2.30. The third-order valence-electron chi connectivity index (χ3n) is 3.65. The molecule has 0 aliphatic carbocycles. The molecule has 1 atom stereocenters. The number of amides is 1. The summed E-state index contributed by atoms with van der Waals surface area (Å²) in [5.41, 5.74) is 0.507. The molecule has 1 aliphatic heterocycles. The molecule has 1 aromatic carbocycles. The first-order valence-electron chi connectivity index (χ1n) is 7.20. The monoisotopic (exact) mass is 350 g/mol. The molecule has 1 saturated heterocycles. The minimum absolute atomic E-state index is 0.0617. The van der Waals surface area contributed by atoms with Crippen LogP contribution in [0.5, 0.6) is 11.5 Å². The predicted octanol–water partition coefficient (Wildman–Crippen LogP) is 2.25. The van der Waals surface area contributed by atoms with Crippen molar-refractivity contribution >= 4 is 5.91 Å². The zero-order chi connectivity index (χ0) is 17.9. The second-order valence-electron chi connectivity index (χ2n) is 5.55. The zero-order valence-electron chi connectivity index (χ0n) is 13.2. The molecule has 0 bridgehead atoms. The lowest BCUT2D eigenvalue weighted by atomic mass is 10.1. The number of hydrogen-bond acceptors (Lipinski definition) is 4. The van der Waals surface area contributed by atoms with Crippen LogP contribution in [0.4, 0.5) is 17.6 Å². The minimum Gasteiger partial charge on any atom is -0.493 e. The smallest absolute Gasteiger partial charge is 0.387 e. The number of alkyl halides is 4. The molecule has 24 heavy (non-hydrogen) atoms. The summed E-state index contributed by atoms with van der Waals surface area (Å²) >= 11 is 0. The molecule has 1 N–H and O–H groups in total. The maximum atomic E-state index is 13.2. The number of benzene rings is 1. The molecule has 0 aromatic heterocycles. The first-order chi connectivity index (χ1) is 11.2. The lowest BCUT2D eigenvalue weighted by molar-refractivity contribution is -0.132. The van der Waals surface area contributed by atoms with Crippen molar-refractivity contribution in [2.75, 3.05) is 20.7 Å². The van der Waals surface area contributed by atoms with Gasteiger partial charge >= 0.3 is 6.61 Å². The molecule has 1 aromatic rings. The Bertz CT molecular complexity index is 598. The average Bonchev–Trinajstić information content (AvgIpc) is 2.86. The van der Waals surface area contributed by atoms with Gasteiger partial charge in [-0.05, 0) is 17.7 Å². The van der Waals surface area contributed by atoms with Crippen molar-refractivity contribution in [1.82, 2.24) is 10.2 Å². The van der Waals surface area contributed by atoms with Crippen LogP contribution in [0.2, 0.25) is 0 Å². The molecule has 2 rings (SSSR count). The molecule has 5 nitrogen and oxygen atoms in total. The standard InChI is InChI=1S/C15H18F4N2O3/c1-21(13(22)10-6-15(18,19)8-20-10)7-9-3-4-11(23-2)12(5-9)24-14(16)17/h3-5,10,14,20H,6-8H2,1-2H3. The third-order valence-corrected chi connectivity index (χ3v) is 3.65. The van der Waals surface area contributed by atoms with Crippen LogP contribution in [0.15, 0.2) is 18.2 Å². The SMILES string of the molecule is COc1ccc(CN(C)C(=O)C2CC(F)(F)CN2)cc1OC(F)F. The fourth-order valence-corrected chi connectivity index (χ4v) is 2.52. The van der Waals surface area contributed by atoms with Crippen molar-refractivity contribution in [2.24, 2.45) is 0 Å². The van der Waals surface area contributed by atoms with Gasteiger partial charge in [0.15, 0.2) is 11.5 Å². The lowest BCUT2D eigenvalue weighted by Gasteiger charge is -2.21. The number of nitrogens with one attached hydrogen (secondary N) is 1. The van der Waals surface area contributed by atoms with E-state index in [-0.39, 0.29) is 18.0 Å². The highest BCUT2D eigenvalue weighted by atomic mass is 19.3. The number of halogens is 4. The highest BCUT2D eigenvalue weighted by molar-refractivity contribution is 5.82. The normalized spacial score (nSPS) is 19.4. The maximum absolute atomic E-state index is 13.2. The Labute approximate surface area is 136 Å². The number of nitrogens with zero attached hydrogens (tertiary/aromatic N) is 1. The van der Waals surface area contributed by atoms with Crippen molar-refractivity contribution < 1.29 is 31.8 Å². The summed E-state index contributed by atoms with van der Waals surface area (Å²) in [7, 11) is 2.77. The van der Waals surface area contributed by atoms with Crippen molar-refractivity contribution in [3.05, 3.63) is 23.8 Å². The van der Waals surface area contributed by atoms with Crippen LogP contribution >= 0.6 is 0 Å². The first kappa shape index (κ1) is 18.3. The van der Waals surface area contributed by atoms with Gasteiger partial charge in [-0.15, -0.1) is 0 Å². The van der Waals surface area contributed by atoms with Gasteiger partial charge in [0.05, 0.1) is 19.7 Å². The molecule has 0 saturated carbocycles. The summed E-state index contributed by atoms with van der Waals surface area (Å²) in [5, 5.41) is 2.48. The quantitative estimate of drug-likeness (QED) is 0.800. The Morgan fingerprint density at radius 1 is 1.42 bits per heavy atom. The fraction of sp³-hybridized carbons (Fsp3) is 0.533. The number of ether oxygens (including phenoxy) is 2. The van der Waals surface area contributed by atoms with Crippen LogP contribution < -0.4 is 14.8 Å². The fourth-order valence-electron chi connectivity index (χ4n) is 2.52.